The summed E-state index contributed by atoms with van der Waals surface area (Å²) >= 11 is 0. The summed E-state index contributed by atoms with van der Waals surface area (Å²) in [5, 5.41) is 2.96. The zero-order valence-electron chi connectivity index (χ0n) is 16.4. The molecule has 2 fully saturated rings. The van der Waals surface area contributed by atoms with E-state index in [-0.39, 0.29) is 29.7 Å². The number of para-hydroxylation sites is 1. The van der Waals surface area contributed by atoms with Crippen molar-refractivity contribution < 1.29 is 19.1 Å². The molecule has 0 bridgehead atoms. The number of benzene rings is 1. The third kappa shape index (κ3) is 5.03. The topological polar surface area (TPSA) is 79.0 Å². The fourth-order valence-electron chi connectivity index (χ4n) is 3.95. The minimum absolute atomic E-state index is 0.0186. The highest BCUT2D eigenvalue weighted by Crippen LogP contribution is 2.31. The highest BCUT2D eigenvalue weighted by molar-refractivity contribution is 5.92. The fraction of sp³-hybridized carbons (Fsp3) is 0.571. The van der Waals surface area contributed by atoms with Crippen LogP contribution in [0.2, 0.25) is 0 Å². The van der Waals surface area contributed by atoms with Crippen molar-refractivity contribution in [3.63, 3.8) is 0 Å². The molecule has 1 aliphatic carbocycles. The van der Waals surface area contributed by atoms with Crippen LogP contribution in [0.5, 0.6) is 0 Å². The first-order valence-corrected chi connectivity index (χ1v) is 10.1. The molecular formula is C21H29N3O4. The Morgan fingerprint density at radius 1 is 0.929 bits per heavy atom. The number of nitrogens with one attached hydrogen (secondary N) is 1. The standard InChI is InChI=1S/C21H29N3O4/c1-2-28-21(27)24-14-12-23(13-15-24)20(26)17-10-8-16(9-11-17)19(25)22-18-6-4-3-5-7-18/h3-7,16-17H,2,8-15H2,1H3,(H,22,25). The van der Waals surface area contributed by atoms with Crippen molar-refractivity contribution in [3.8, 4) is 0 Å². The number of amides is 3. The SMILES string of the molecule is CCOC(=O)N1CCN(C(=O)C2CCC(C(=O)Nc3ccccc3)CC2)CC1. The van der Waals surface area contributed by atoms with Crippen LogP contribution in [0.1, 0.15) is 32.6 Å². The van der Waals surface area contributed by atoms with Crippen molar-refractivity contribution in [2.45, 2.75) is 32.6 Å². The largest absolute Gasteiger partial charge is 0.450 e. The molecule has 28 heavy (non-hydrogen) atoms. The molecule has 0 atom stereocenters. The number of hydrogen-bond donors (Lipinski definition) is 1. The lowest BCUT2D eigenvalue weighted by atomic mass is 9.80. The van der Waals surface area contributed by atoms with E-state index >= 15 is 0 Å². The van der Waals surface area contributed by atoms with Gasteiger partial charge in [0, 0.05) is 43.7 Å². The van der Waals surface area contributed by atoms with Gasteiger partial charge in [-0.2, -0.15) is 0 Å². The second kappa shape index (κ2) is 9.57. The quantitative estimate of drug-likeness (QED) is 0.862. The maximum Gasteiger partial charge on any atom is 0.409 e. The number of rotatable bonds is 4. The van der Waals surface area contributed by atoms with Gasteiger partial charge < -0.3 is 19.9 Å². The Morgan fingerprint density at radius 3 is 2.11 bits per heavy atom. The molecule has 1 saturated heterocycles. The molecule has 152 valence electrons. The fourth-order valence-corrected chi connectivity index (χ4v) is 3.95. The first-order valence-electron chi connectivity index (χ1n) is 10.1. The highest BCUT2D eigenvalue weighted by atomic mass is 16.6. The van der Waals surface area contributed by atoms with Crippen molar-refractivity contribution in [2.75, 3.05) is 38.1 Å². The predicted molar refractivity (Wildman–Crippen MR) is 106 cm³/mol. The van der Waals surface area contributed by atoms with Gasteiger partial charge in [0.05, 0.1) is 6.61 Å². The monoisotopic (exact) mass is 387 g/mol. The minimum Gasteiger partial charge on any atom is -0.450 e. The van der Waals surface area contributed by atoms with Gasteiger partial charge in [-0.3, -0.25) is 9.59 Å². The summed E-state index contributed by atoms with van der Waals surface area (Å²) in [6, 6.07) is 9.46. The molecule has 0 aromatic heterocycles. The Bertz CT molecular complexity index is 678. The second-order valence-electron chi connectivity index (χ2n) is 7.42. The number of nitrogens with zero attached hydrogens (tertiary/aromatic N) is 2. The van der Waals surface area contributed by atoms with E-state index in [1.54, 1.807) is 11.8 Å². The van der Waals surface area contributed by atoms with Gasteiger partial charge >= 0.3 is 6.09 Å². The van der Waals surface area contributed by atoms with Crippen molar-refractivity contribution in [1.82, 2.24) is 9.80 Å². The summed E-state index contributed by atoms with van der Waals surface area (Å²) in [6.45, 7) is 4.27. The summed E-state index contributed by atoms with van der Waals surface area (Å²) in [7, 11) is 0. The van der Waals surface area contributed by atoms with Gasteiger partial charge in [-0.15, -0.1) is 0 Å². The Balaban J connectivity index is 1.43. The summed E-state index contributed by atoms with van der Waals surface area (Å²) in [6.07, 6.45) is 2.64. The smallest absolute Gasteiger partial charge is 0.409 e. The number of hydrogen-bond acceptors (Lipinski definition) is 4. The molecular weight excluding hydrogens is 358 g/mol. The summed E-state index contributed by atoms with van der Waals surface area (Å²) in [5.74, 6) is 0.144. The lowest BCUT2D eigenvalue weighted by Crippen LogP contribution is -2.52. The van der Waals surface area contributed by atoms with Gasteiger partial charge in [0.25, 0.3) is 0 Å². The van der Waals surface area contributed by atoms with Gasteiger partial charge in [-0.05, 0) is 44.7 Å². The van der Waals surface area contributed by atoms with Crippen LogP contribution < -0.4 is 5.32 Å². The average Bonchev–Trinajstić information content (AvgIpc) is 2.74. The van der Waals surface area contributed by atoms with Crippen molar-refractivity contribution in [3.05, 3.63) is 30.3 Å². The molecule has 3 rings (SSSR count). The maximum atomic E-state index is 12.8. The number of anilines is 1. The highest BCUT2D eigenvalue weighted by Gasteiger charge is 2.34. The van der Waals surface area contributed by atoms with Gasteiger partial charge in [0.15, 0.2) is 0 Å². The molecule has 1 aromatic rings. The van der Waals surface area contributed by atoms with Gasteiger partial charge in [0.1, 0.15) is 0 Å². The zero-order chi connectivity index (χ0) is 19.9. The van der Waals surface area contributed by atoms with Crippen LogP contribution in [-0.2, 0) is 14.3 Å². The third-order valence-corrected chi connectivity index (χ3v) is 5.61. The van der Waals surface area contributed by atoms with E-state index in [0.29, 0.717) is 32.8 Å². The molecule has 1 N–H and O–H groups in total. The Kier molecular flexibility index (Phi) is 6.90. The molecule has 0 spiro atoms. The molecule has 7 heteroatoms. The molecule has 1 saturated carbocycles. The van der Waals surface area contributed by atoms with E-state index in [2.05, 4.69) is 5.32 Å². The number of piperazine rings is 1. The maximum absolute atomic E-state index is 12.8. The van der Waals surface area contributed by atoms with E-state index in [1.807, 2.05) is 35.2 Å². The molecule has 1 aliphatic heterocycles. The van der Waals surface area contributed by atoms with Crippen LogP contribution in [0.3, 0.4) is 0 Å². The third-order valence-electron chi connectivity index (χ3n) is 5.61. The number of carbonyl (C=O) groups is 3. The first-order chi connectivity index (χ1) is 13.6. The minimum atomic E-state index is -0.306. The molecule has 1 heterocycles. The van der Waals surface area contributed by atoms with Crippen LogP contribution in [0, 0.1) is 11.8 Å². The molecule has 2 aliphatic rings. The van der Waals surface area contributed by atoms with E-state index < -0.39 is 0 Å². The average molecular weight is 387 g/mol. The van der Waals surface area contributed by atoms with Crippen LogP contribution in [0.15, 0.2) is 30.3 Å². The second-order valence-corrected chi connectivity index (χ2v) is 7.42. The van der Waals surface area contributed by atoms with Crippen LogP contribution in [0.25, 0.3) is 0 Å². The van der Waals surface area contributed by atoms with E-state index in [9.17, 15) is 14.4 Å². The van der Waals surface area contributed by atoms with E-state index in [0.717, 1.165) is 31.4 Å². The summed E-state index contributed by atoms with van der Waals surface area (Å²) < 4.78 is 5.02. The Morgan fingerprint density at radius 2 is 1.50 bits per heavy atom. The van der Waals surface area contributed by atoms with Gasteiger partial charge in [-0.25, -0.2) is 4.79 Å². The number of carbonyl (C=O) groups excluding carboxylic acids is 3. The first kappa shape index (κ1) is 20.2. The Labute approximate surface area is 166 Å². The normalized spacial score (nSPS) is 22.5. The predicted octanol–water partition coefficient (Wildman–Crippen LogP) is 2.73. The summed E-state index contributed by atoms with van der Waals surface area (Å²) in [5.41, 5.74) is 0.810. The lowest BCUT2D eigenvalue weighted by Gasteiger charge is -2.37. The van der Waals surface area contributed by atoms with Crippen molar-refractivity contribution in [2.24, 2.45) is 11.8 Å². The zero-order valence-corrected chi connectivity index (χ0v) is 16.4. The van der Waals surface area contributed by atoms with Crippen molar-refractivity contribution in [1.29, 1.82) is 0 Å². The summed E-state index contributed by atoms with van der Waals surface area (Å²) in [4.78, 5) is 40.5. The molecule has 7 nitrogen and oxygen atoms in total. The van der Waals surface area contributed by atoms with Crippen LogP contribution in [-0.4, -0.2) is 60.5 Å². The van der Waals surface area contributed by atoms with Crippen LogP contribution >= 0.6 is 0 Å². The van der Waals surface area contributed by atoms with E-state index in [1.165, 1.54) is 0 Å². The molecule has 0 radical (unpaired) electrons. The lowest BCUT2D eigenvalue weighted by molar-refractivity contribution is -0.139. The molecule has 0 unspecified atom stereocenters. The van der Waals surface area contributed by atoms with Gasteiger partial charge in [0.2, 0.25) is 11.8 Å². The van der Waals surface area contributed by atoms with E-state index in [4.69, 9.17) is 4.74 Å². The number of ether oxygens (including phenoxy) is 1. The molecule has 1 aromatic carbocycles. The van der Waals surface area contributed by atoms with Crippen LogP contribution in [0.4, 0.5) is 10.5 Å². The Hall–Kier alpha value is -2.57. The van der Waals surface area contributed by atoms with Gasteiger partial charge in [-0.1, -0.05) is 18.2 Å². The van der Waals surface area contributed by atoms with Crippen molar-refractivity contribution >= 4 is 23.6 Å². The molecule has 3 amide bonds.